The Morgan fingerprint density at radius 3 is 3.20 bits per heavy atom. The number of nitrogens with zero attached hydrogens (tertiary/aromatic N) is 1. The van der Waals surface area contributed by atoms with Crippen molar-refractivity contribution in [1.82, 2.24) is 4.90 Å². The molecule has 0 aromatic carbocycles. The fraction of sp³-hybridized carbons (Fsp3) is 0.545. The van der Waals surface area contributed by atoms with E-state index in [0.29, 0.717) is 6.54 Å². The van der Waals surface area contributed by atoms with Gasteiger partial charge in [0.1, 0.15) is 12.1 Å². The van der Waals surface area contributed by atoms with Gasteiger partial charge in [0.25, 0.3) is 0 Å². The molecule has 1 amide bonds. The van der Waals surface area contributed by atoms with Crippen LogP contribution in [0.15, 0.2) is 23.3 Å². The minimum absolute atomic E-state index is 0.0487. The lowest BCUT2D eigenvalue weighted by Crippen LogP contribution is -2.38. The molecule has 0 spiro atoms. The summed E-state index contributed by atoms with van der Waals surface area (Å²) in [6, 6.07) is -0.0487. The van der Waals surface area contributed by atoms with Crippen molar-refractivity contribution in [2.24, 2.45) is 0 Å². The van der Waals surface area contributed by atoms with Crippen LogP contribution in [0, 0.1) is 0 Å². The third-order valence-corrected chi connectivity index (χ3v) is 3.45. The first kappa shape index (κ1) is 8.97. The van der Waals surface area contributed by atoms with Crippen molar-refractivity contribution < 1.29 is 14.6 Å². The Balaban J connectivity index is 2.10. The lowest BCUT2D eigenvalue weighted by molar-refractivity contribution is 0.0581. The quantitative estimate of drug-likeness (QED) is 0.640. The van der Waals surface area contributed by atoms with Crippen LogP contribution in [0.3, 0.4) is 0 Å². The van der Waals surface area contributed by atoms with E-state index in [2.05, 4.69) is 6.08 Å². The first-order valence-electron chi connectivity index (χ1n) is 5.26. The van der Waals surface area contributed by atoms with Gasteiger partial charge in [-0.1, -0.05) is 12.2 Å². The number of hydrogen-bond donors (Lipinski definition) is 1. The standard InChI is InChI=1S/C11H13NO3/c1-2-6-7-4-3-5-12-8(7)10(9(6)13)15-11(12)14/h2,4,8-10,13H,3,5H2,1H3/b6-2-/t8?,9-,10?/m0/s1. The van der Waals surface area contributed by atoms with Crippen LogP contribution in [0.25, 0.3) is 0 Å². The first-order valence-corrected chi connectivity index (χ1v) is 5.26. The highest BCUT2D eigenvalue weighted by Gasteiger charge is 2.54. The van der Waals surface area contributed by atoms with Gasteiger partial charge in [-0.3, -0.25) is 4.90 Å². The predicted octanol–water partition coefficient (Wildman–Crippen LogP) is 0.827. The molecule has 1 saturated heterocycles. The van der Waals surface area contributed by atoms with Crippen molar-refractivity contribution in [2.75, 3.05) is 6.54 Å². The van der Waals surface area contributed by atoms with Gasteiger partial charge in [0.05, 0.1) is 0 Å². The zero-order valence-corrected chi connectivity index (χ0v) is 8.51. The molecule has 1 saturated carbocycles. The molecule has 2 fully saturated rings. The van der Waals surface area contributed by atoms with Crippen molar-refractivity contribution in [1.29, 1.82) is 0 Å². The summed E-state index contributed by atoms with van der Waals surface area (Å²) in [4.78, 5) is 13.2. The van der Waals surface area contributed by atoms with Crippen molar-refractivity contribution in [3.8, 4) is 0 Å². The van der Waals surface area contributed by atoms with Gasteiger partial charge in [0.15, 0.2) is 6.10 Å². The van der Waals surface area contributed by atoms with Crippen molar-refractivity contribution in [3.05, 3.63) is 23.3 Å². The number of ether oxygens (including phenoxy) is 1. The summed E-state index contributed by atoms with van der Waals surface area (Å²) in [5.41, 5.74) is 1.99. The second kappa shape index (κ2) is 2.85. The lowest BCUT2D eigenvalue weighted by Gasteiger charge is -2.25. The molecular weight excluding hydrogens is 194 g/mol. The zero-order chi connectivity index (χ0) is 10.6. The van der Waals surface area contributed by atoms with Crippen LogP contribution in [0.2, 0.25) is 0 Å². The Hall–Kier alpha value is -1.29. The van der Waals surface area contributed by atoms with E-state index in [1.165, 1.54) is 0 Å². The van der Waals surface area contributed by atoms with Crippen molar-refractivity contribution >= 4 is 6.09 Å². The number of aliphatic hydroxyl groups is 1. The average Bonchev–Trinajstić information content (AvgIpc) is 2.70. The molecule has 80 valence electrons. The average molecular weight is 207 g/mol. The topological polar surface area (TPSA) is 49.8 Å². The smallest absolute Gasteiger partial charge is 0.410 e. The highest BCUT2D eigenvalue weighted by molar-refractivity contribution is 5.74. The predicted molar refractivity (Wildman–Crippen MR) is 53.2 cm³/mol. The second-order valence-electron chi connectivity index (χ2n) is 4.12. The molecule has 2 aliphatic heterocycles. The maximum absolute atomic E-state index is 11.5. The van der Waals surface area contributed by atoms with E-state index in [0.717, 1.165) is 17.6 Å². The number of hydrogen-bond acceptors (Lipinski definition) is 3. The Morgan fingerprint density at radius 1 is 1.67 bits per heavy atom. The van der Waals surface area contributed by atoms with Crippen LogP contribution in [0.5, 0.6) is 0 Å². The van der Waals surface area contributed by atoms with Gasteiger partial charge in [-0.25, -0.2) is 4.79 Å². The van der Waals surface area contributed by atoms with Crippen LogP contribution in [0.4, 0.5) is 4.79 Å². The van der Waals surface area contributed by atoms with Gasteiger partial charge >= 0.3 is 6.09 Å². The molecule has 2 unspecified atom stereocenters. The molecule has 0 bridgehead atoms. The van der Waals surface area contributed by atoms with Crippen LogP contribution in [-0.4, -0.2) is 40.9 Å². The fourth-order valence-corrected chi connectivity index (χ4v) is 2.81. The molecule has 1 aliphatic carbocycles. The molecule has 3 atom stereocenters. The highest BCUT2D eigenvalue weighted by Crippen LogP contribution is 2.43. The molecule has 3 rings (SSSR count). The van der Waals surface area contributed by atoms with E-state index in [4.69, 9.17) is 4.74 Å². The lowest BCUT2D eigenvalue weighted by atomic mass is 10.0. The van der Waals surface area contributed by atoms with Gasteiger partial charge in [0.2, 0.25) is 0 Å². The van der Waals surface area contributed by atoms with E-state index in [1.807, 2.05) is 13.0 Å². The zero-order valence-electron chi connectivity index (χ0n) is 8.51. The summed E-state index contributed by atoms with van der Waals surface area (Å²) in [6.07, 6.45) is 3.53. The molecule has 0 radical (unpaired) electrons. The fourth-order valence-electron chi connectivity index (χ4n) is 2.81. The Bertz CT molecular complexity index is 385. The highest BCUT2D eigenvalue weighted by atomic mass is 16.6. The summed E-state index contributed by atoms with van der Waals surface area (Å²) in [6.45, 7) is 2.61. The van der Waals surface area contributed by atoms with E-state index in [-0.39, 0.29) is 12.1 Å². The van der Waals surface area contributed by atoms with Crippen LogP contribution in [0.1, 0.15) is 13.3 Å². The van der Waals surface area contributed by atoms with E-state index in [1.54, 1.807) is 4.90 Å². The Labute approximate surface area is 87.8 Å². The number of amides is 1. The van der Waals surface area contributed by atoms with Crippen LogP contribution in [-0.2, 0) is 4.74 Å². The van der Waals surface area contributed by atoms with Crippen LogP contribution < -0.4 is 0 Å². The summed E-state index contributed by atoms with van der Waals surface area (Å²) >= 11 is 0. The molecule has 0 aromatic heterocycles. The summed E-state index contributed by atoms with van der Waals surface area (Å²) in [5, 5.41) is 10.0. The van der Waals surface area contributed by atoms with Crippen LogP contribution >= 0.6 is 0 Å². The number of carbonyl (C=O) groups is 1. The van der Waals surface area contributed by atoms with Gasteiger partial charge in [-0.05, 0) is 24.5 Å². The molecule has 1 N–H and O–H groups in total. The largest absolute Gasteiger partial charge is 0.440 e. The number of carbonyl (C=O) groups excluding carboxylic acids is 1. The summed E-state index contributed by atoms with van der Waals surface area (Å²) in [5.74, 6) is 0. The minimum Gasteiger partial charge on any atom is -0.440 e. The molecule has 4 nitrogen and oxygen atoms in total. The normalized spacial score (nSPS) is 40.5. The summed E-state index contributed by atoms with van der Waals surface area (Å²) < 4.78 is 5.20. The molecule has 2 heterocycles. The minimum atomic E-state index is -0.654. The van der Waals surface area contributed by atoms with Gasteiger partial charge in [-0.2, -0.15) is 0 Å². The Kier molecular flexibility index (Phi) is 1.71. The number of aliphatic hydroxyl groups excluding tert-OH is 1. The van der Waals surface area contributed by atoms with E-state index >= 15 is 0 Å². The number of rotatable bonds is 0. The monoisotopic (exact) mass is 207 g/mol. The number of allylic oxidation sites excluding steroid dienone is 1. The van der Waals surface area contributed by atoms with Crippen molar-refractivity contribution in [2.45, 2.75) is 31.6 Å². The van der Waals surface area contributed by atoms with Crippen molar-refractivity contribution in [3.63, 3.8) is 0 Å². The first-order chi connectivity index (χ1) is 7.24. The maximum atomic E-state index is 11.5. The molecular formula is C11H13NO3. The van der Waals surface area contributed by atoms with E-state index in [9.17, 15) is 9.90 Å². The second-order valence-corrected chi connectivity index (χ2v) is 4.12. The third kappa shape index (κ3) is 0.973. The maximum Gasteiger partial charge on any atom is 0.410 e. The Morgan fingerprint density at radius 2 is 2.47 bits per heavy atom. The molecule has 0 aromatic rings. The molecule has 3 aliphatic rings. The molecule has 4 heteroatoms. The van der Waals surface area contributed by atoms with Gasteiger partial charge in [-0.15, -0.1) is 0 Å². The van der Waals surface area contributed by atoms with E-state index < -0.39 is 12.2 Å². The SMILES string of the molecule is C/C=C1/C2=CCCN3C(=O)OC(C23)[C@H]1O. The summed E-state index contributed by atoms with van der Waals surface area (Å²) in [7, 11) is 0. The van der Waals surface area contributed by atoms with Gasteiger partial charge in [0, 0.05) is 6.54 Å². The van der Waals surface area contributed by atoms with Gasteiger partial charge < -0.3 is 9.84 Å². The molecule has 15 heavy (non-hydrogen) atoms. The third-order valence-electron chi connectivity index (χ3n) is 3.45.